The number of hydrogen-bond acceptors (Lipinski definition) is 6. The smallest absolute Gasteiger partial charge is 0.267 e. The second kappa shape index (κ2) is 12.1. The summed E-state index contributed by atoms with van der Waals surface area (Å²) in [6.07, 6.45) is 6.66. The maximum absolute atomic E-state index is 12.9. The molecule has 2 aromatic rings. The molecule has 3 N–H and O–H groups in total. The van der Waals surface area contributed by atoms with Crippen molar-refractivity contribution in [1.82, 2.24) is 15.8 Å². The summed E-state index contributed by atoms with van der Waals surface area (Å²) >= 11 is 6.21. The molecule has 0 radical (unpaired) electrons. The van der Waals surface area contributed by atoms with E-state index >= 15 is 0 Å². The second-order valence-electron chi connectivity index (χ2n) is 7.07. The Balaban J connectivity index is 1.41. The first-order valence-electron chi connectivity index (χ1n) is 10.2. The number of carbonyl (C=O) groups excluding carboxylic acids is 2. The van der Waals surface area contributed by atoms with Crippen LogP contribution in [0.2, 0.25) is 5.02 Å². The Bertz CT molecular complexity index is 949. The lowest BCUT2D eigenvalue weighted by molar-refractivity contribution is -0.198. The van der Waals surface area contributed by atoms with Gasteiger partial charge in [0, 0.05) is 31.8 Å². The molecule has 8 nitrogen and oxygen atoms in total. The van der Waals surface area contributed by atoms with E-state index in [1.807, 2.05) is 0 Å². The first-order chi connectivity index (χ1) is 15.5. The Labute approximate surface area is 190 Å². The standard InChI is InChI=1S/C22H24ClFN4O4/c23-18-11-16(6-9-19(29)28-32-21-3-1-2-10-31-21)13-26-22(18)27-14-20(30)25-12-15-4-7-17(24)8-5-15/h4-9,11,13,21H,1-3,10,12,14H2,(H,25,30)(H,26,27)(H,28,29). The van der Waals surface area contributed by atoms with E-state index in [0.29, 0.717) is 23.0 Å². The first kappa shape index (κ1) is 23.6. The Morgan fingerprint density at radius 2 is 2.09 bits per heavy atom. The summed E-state index contributed by atoms with van der Waals surface area (Å²) in [4.78, 5) is 33.2. The number of nitrogens with one attached hydrogen (secondary N) is 3. The van der Waals surface area contributed by atoms with Crippen molar-refractivity contribution in [2.45, 2.75) is 32.1 Å². The van der Waals surface area contributed by atoms with Gasteiger partial charge in [-0.15, -0.1) is 0 Å². The molecule has 1 unspecified atom stereocenters. The number of hydroxylamine groups is 1. The molecular formula is C22H24ClFN4O4. The van der Waals surface area contributed by atoms with E-state index in [4.69, 9.17) is 21.2 Å². The number of benzene rings is 1. The van der Waals surface area contributed by atoms with Gasteiger partial charge in [-0.05, 0) is 48.2 Å². The molecule has 0 bridgehead atoms. The number of nitrogens with zero attached hydrogens (tertiary/aromatic N) is 1. The second-order valence-corrected chi connectivity index (χ2v) is 7.48. The van der Waals surface area contributed by atoms with Crippen molar-refractivity contribution < 1.29 is 23.6 Å². The molecule has 1 fully saturated rings. The van der Waals surface area contributed by atoms with E-state index in [0.717, 1.165) is 24.8 Å². The molecule has 2 amide bonds. The molecular weight excluding hydrogens is 439 g/mol. The van der Waals surface area contributed by atoms with Gasteiger partial charge in [0.15, 0.2) is 6.29 Å². The molecule has 3 rings (SSSR count). The Kier molecular flexibility index (Phi) is 8.97. The maximum Gasteiger partial charge on any atom is 0.267 e. The average Bonchev–Trinajstić information content (AvgIpc) is 2.81. The number of rotatable bonds is 9. The highest BCUT2D eigenvalue weighted by Crippen LogP contribution is 2.20. The number of anilines is 1. The van der Waals surface area contributed by atoms with Crippen LogP contribution in [0, 0.1) is 5.82 Å². The summed E-state index contributed by atoms with van der Waals surface area (Å²) in [6, 6.07) is 7.48. The predicted molar refractivity (Wildman–Crippen MR) is 118 cm³/mol. The quantitative estimate of drug-likeness (QED) is 0.391. The lowest BCUT2D eigenvalue weighted by Crippen LogP contribution is -2.32. The summed E-state index contributed by atoms with van der Waals surface area (Å²) in [6.45, 7) is 0.868. The van der Waals surface area contributed by atoms with Crippen LogP contribution in [-0.2, 0) is 25.7 Å². The van der Waals surface area contributed by atoms with Gasteiger partial charge in [-0.2, -0.15) is 0 Å². The van der Waals surface area contributed by atoms with E-state index in [1.165, 1.54) is 24.4 Å². The summed E-state index contributed by atoms with van der Waals surface area (Å²) < 4.78 is 18.3. The number of amides is 2. The van der Waals surface area contributed by atoms with Crippen LogP contribution in [0.25, 0.3) is 6.08 Å². The minimum absolute atomic E-state index is 0.0356. The highest BCUT2D eigenvalue weighted by Gasteiger charge is 2.15. The van der Waals surface area contributed by atoms with Crippen molar-refractivity contribution in [3.8, 4) is 0 Å². The zero-order valence-electron chi connectivity index (χ0n) is 17.3. The summed E-state index contributed by atoms with van der Waals surface area (Å²) in [7, 11) is 0. The number of halogens is 2. The zero-order chi connectivity index (χ0) is 22.8. The minimum atomic E-state index is -0.435. The first-order valence-corrected chi connectivity index (χ1v) is 10.5. The lowest BCUT2D eigenvalue weighted by Gasteiger charge is -2.21. The molecule has 1 atom stereocenters. The maximum atomic E-state index is 12.9. The molecule has 0 aliphatic carbocycles. The van der Waals surface area contributed by atoms with Crippen LogP contribution in [0.4, 0.5) is 10.2 Å². The molecule has 1 aromatic carbocycles. The van der Waals surface area contributed by atoms with Gasteiger partial charge >= 0.3 is 0 Å². The van der Waals surface area contributed by atoms with Gasteiger partial charge in [0.25, 0.3) is 5.91 Å². The van der Waals surface area contributed by atoms with Gasteiger partial charge in [0.1, 0.15) is 11.6 Å². The Morgan fingerprint density at radius 1 is 1.28 bits per heavy atom. The SMILES string of the molecule is O=C(C=Cc1cnc(NCC(=O)NCc2ccc(F)cc2)c(Cl)c1)NOC1CCCCO1. The van der Waals surface area contributed by atoms with Crippen LogP contribution >= 0.6 is 11.6 Å². The van der Waals surface area contributed by atoms with Crippen LogP contribution in [0.1, 0.15) is 30.4 Å². The molecule has 1 aromatic heterocycles. The van der Waals surface area contributed by atoms with E-state index in [2.05, 4.69) is 21.1 Å². The zero-order valence-corrected chi connectivity index (χ0v) is 18.0. The number of carbonyl (C=O) groups is 2. The molecule has 0 spiro atoms. The third-order valence-corrected chi connectivity index (χ3v) is 4.83. The van der Waals surface area contributed by atoms with Crippen LogP contribution in [0.15, 0.2) is 42.6 Å². The van der Waals surface area contributed by atoms with Gasteiger partial charge in [-0.25, -0.2) is 19.7 Å². The van der Waals surface area contributed by atoms with Crippen molar-refractivity contribution in [3.05, 3.63) is 64.6 Å². The molecule has 170 valence electrons. The molecule has 2 heterocycles. The molecule has 1 saturated heterocycles. The molecule has 1 aliphatic heterocycles. The Morgan fingerprint density at radius 3 is 2.81 bits per heavy atom. The third kappa shape index (κ3) is 7.92. The summed E-state index contributed by atoms with van der Waals surface area (Å²) in [5.74, 6) is -0.697. The monoisotopic (exact) mass is 462 g/mol. The molecule has 32 heavy (non-hydrogen) atoms. The summed E-state index contributed by atoms with van der Waals surface area (Å²) in [5, 5.41) is 5.87. The van der Waals surface area contributed by atoms with E-state index in [9.17, 15) is 14.0 Å². The fourth-order valence-electron chi connectivity index (χ4n) is 2.84. The molecule has 0 saturated carbocycles. The van der Waals surface area contributed by atoms with Crippen molar-refractivity contribution in [1.29, 1.82) is 0 Å². The highest BCUT2D eigenvalue weighted by atomic mass is 35.5. The number of aromatic nitrogens is 1. The van der Waals surface area contributed by atoms with Gasteiger partial charge in [-0.1, -0.05) is 23.7 Å². The fraction of sp³-hybridized carbons (Fsp3) is 0.318. The average molecular weight is 463 g/mol. The van der Waals surface area contributed by atoms with Crippen LogP contribution < -0.4 is 16.1 Å². The van der Waals surface area contributed by atoms with Crippen molar-refractivity contribution in [3.63, 3.8) is 0 Å². The number of pyridine rings is 1. The van der Waals surface area contributed by atoms with Crippen LogP contribution in [0.5, 0.6) is 0 Å². The predicted octanol–water partition coefficient (Wildman–Crippen LogP) is 3.19. The fourth-order valence-corrected chi connectivity index (χ4v) is 3.08. The third-order valence-electron chi connectivity index (χ3n) is 4.54. The number of hydrogen-bond donors (Lipinski definition) is 3. The van der Waals surface area contributed by atoms with E-state index in [-0.39, 0.29) is 24.8 Å². The normalized spacial score (nSPS) is 16.0. The van der Waals surface area contributed by atoms with Crippen LogP contribution in [-0.4, -0.2) is 36.2 Å². The van der Waals surface area contributed by atoms with Crippen molar-refractivity contribution in [2.24, 2.45) is 0 Å². The Hall–Kier alpha value is -3.01. The van der Waals surface area contributed by atoms with Gasteiger partial charge < -0.3 is 15.4 Å². The largest absolute Gasteiger partial charge is 0.360 e. The van der Waals surface area contributed by atoms with Gasteiger partial charge in [-0.3, -0.25) is 9.59 Å². The number of ether oxygens (including phenoxy) is 1. The van der Waals surface area contributed by atoms with Crippen molar-refractivity contribution >= 4 is 35.3 Å². The van der Waals surface area contributed by atoms with Crippen LogP contribution in [0.3, 0.4) is 0 Å². The minimum Gasteiger partial charge on any atom is -0.360 e. The molecule has 10 heteroatoms. The van der Waals surface area contributed by atoms with Gasteiger partial charge in [0.2, 0.25) is 5.91 Å². The van der Waals surface area contributed by atoms with E-state index < -0.39 is 12.2 Å². The lowest BCUT2D eigenvalue weighted by atomic mass is 10.2. The van der Waals surface area contributed by atoms with E-state index in [1.54, 1.807) is 24.3 Å². The van der Waals surface area contributed by atoms with Crippen molar-refractivity contribution in [2.75, 3.05) is 18.5 Å². The topological polar surface area (TPSA) is 102 Å². The molecule has 1 aliphatic rings. The van der Waals surface area contributed by atoms with Gasteiger partial charge in [0.05, 0.1) is 11.6 Å². The highest BCUT2D eigenvalue weighted by molar-refractivity contribution is 6.33. The summed E-state index contributed by atoms with van der Waals surface area (Å²) in [5.41, 5.74) is 3.72.